The molecule has 0 aromatic heterocycles. The molecule has 136 valence electrons. The summed E-state index contributed by atoms with van der Waals surface area (Å²) in [6.07, 6.45) is 0.203. The third-order valence-electron chi connectivity index (χ3n) is 4.48. The Kier molecular flexibility index (Phi) is 5.41. The fraction of sp³-hybridized carbons (Fsp3) is 0.300. The van der Waals surface area contributed by atoms with Crippen LogP contribution in [-0.2, 0) is 16.1 Å². The first-order valence-electron chi connectivity index (χ1n) is 8.46. The molecule has 3 rings (SSSR count). The number of nitrogens with zero attached hydrogens (tertiary/aromatic N) is 1. The van der Waals surface area contributed by atoms with Crippen LogP contribution < -0.4 is 19.7 Å². The quantitative estimate of drug-likeness (QED) is 0.865. The summed E-state index contributed by atoms with van der Waals surface area (Å²) in [6, 6.07) is 15.0. The number of methoxy groups -OCH3 is 2. The molecule has 6 heteroatoms. The Morgan fingerprint density at radius 1 is 1.12 bits per heavy atom. The standard InChI is InChI=1S/C20H22N2O4/c1-25-17-9-8-16(11-18(17)26-2)22-13-15(10-19(22)23)20(24)21-12-14-6-4-3-5-7-14/h3-9,11,15H,10,12-13H2,1-2H3,(H,21,24). The molecule has 1 atom stereocenters. The van der Waals surface area contributed by atoms with E-state index in [1.165, 1.54) is 0 Å². The molecule has 1 heterocycles. The number of carbonyl (C=O) groups is 2. The number of carbonyl (C=O) groups excluding carboxylic acids is 2. The van der Waals surface area contributed by atoms with Crippen LogP contribution in [-0.4, -0.2) is 32.6 Å². The van der Waals surface area contributed by atoms with E-state index in [0.717, 1.165) is 5.56 Å². The molecule has 0 bridgehead atoms. The minimum absolute atomic E-state index is 0.0721. The number of nitrogens with one attached hydrogen (secondary N) is 1. The van der Waals surface area contributed by atoms with E-state index in [-0.39, 0.29) is 24.2 Å². The number of hydrogen-bond donors (Lipinski definition) is 1. The van der Waals surface area contributed by atoms with E-state index >= 15 is 0 Å². The smallest absolute Gasteiger partial charge is 0.227 e. The average Bonchev–Trinajstić information content (AvgIpc) is 3.08. The van der Waals surface area contributed by atoms with Gasteiger partial charge >= 0.3 is 0 Å². The Morgan fingerprint density at radius 3 is 2.54 bits per heavy atom. The van der Waals surface area contributed by atoms with Crippen molar-refractivity contribution in [2.75, 3.05) is 25.7 Å². The van der Waals surface area contributed by atoms with Gasteiger partial charge in [0, 0.05) is 31.3 Å². The Hall–Kier alpha value is -3.02. The molecule has 1 aliphatic rings. The van der Waals surface area contributed by atoms with Crippen LogP contribution in [0, 0.1) is 5.92 Å². The highest BCUT2D eigenvalue weighted by atomic mass is 16.5. The normalized spacial score (nSPS) is 16.5. The van der Waals surface area contributed by atoms with Crippen molar-refractivity contribution in [3.63, 3.8) is 0 Å². The lowest BCUT2D eigenvalue weighted by atomic mass is 10.1. The molecule has 1 aliphatic heterocycles. The lowest BCUT2D eigenvalue weighted by Gasteiger charge is -2.18. The number of amides is 2. The summed E-state index contributed by atoms with van der Waals surface area (Å²) in [4.78, 5) is 26.4. The molecule has 2 aromatic carbocycles. The second-order valence-electron chi connectivity index (χ2n) is 6.15. The second-order valence-corrected chi connectivity index (χ2v) is 6.15. The maximum absolute atomic E-state index is 12.4. The van der Waals surface area contributed by atoms with Crippen LogP contribution in [0.4, 0.5) is 5.69 Å². The lowest BCUT2D eigenvalue weighted by molar-refractivity contribution is -0.126. The fourth-order valence-corrected chi connectivity index (χ4v) is 3.05. The third kappa shape index (κ3) is 3.79. The van der Waals surface area contributed by atoms with E-state index in [4.69, 9.17) is 9.47 Å². The highest BCUT2D eigenvalue weighted by Gasteiger charge is 2.35. The zero-order valence-electron chi connectivity index (χ0n) is 14.9. The first kappa shape index (κ1) is 17.8. The zero-order chi connectivity index (χ0) is 18.5. The molecule has 1 unspecified atom stereocenters. The number of rotatable bonds is 6. The summed E-state index contributed by atoms with van der Waals surface area (Å²) < 4.78 is 10.5. The van der Waals surface area contributed by atoms with Crippen LogP contribution in [0.2, 0.25) is 0 Å². The highest BCUT2D eigenvalue weighted by molar-refractivity contribution is 6.00. The number of benzene rings is 2. The van der Waals surface area contributed by atoms with Crippen molar-refractivity contribution in [2.45, 2.75) is 13.0 Å². The van der Waals surface area contributed by atoms with E-state index in [0.29, 0.717) is 30.3 Å². The molecule has 0 radical (unpaired) electrons. The molecule has 6 nitrogen and oxygen atoms in total. The van der Waals surface area contributed by atoms with Gasteiger partial charge in [0.05, 0.1) is 20.1 Å². The van der Waals surface area contributed by atoms with E-state index < -0.39 is 0 Å². The first-order valence-corrected chi connectivity index (χ1v) is 8.46. The van der Waals surface area contributed by atoms with Crippen LogP contribution in [0.5, 0.6) is 11.5 Å². The molecule has 0 spiro atoms. The van der Waals surface area contributed by atoms with Gasteiger partial charge in [-0.2, -0.15) is 0 Å². The van der Waals surface area contributed by atoms with Gasteiger partial charge in [0.25, 0.3) is 0 Å². The zero-order valence-corrected chi connectivity index (χ0v) is 14.9. The summed E-state index contributed by atoms with van der Waals surface area (Å²) in [5.41, 5.74) is 1.73. The van der Waals surface area contributed by atoms with Crippen molar-refractivity contribution < 1.29 is 19.1 Å². The maximum atomic E-state index is 12.4. The van der Waals surface area contributed by atoms with Crippen molar-refractivity contribution >= 4 is 17.5 Å². The predicted octanol–water partition coefficient (Wildman–Crippen LogP) is 2.37. The van der Waals surface area contributed by atoms with Crippen molar-refractivity contribution in [2.24, 2.45) is 5.92 Å². The van der Waals surface area contributed by atoms with Gasteiger partial charge in [-0.3, -0.25) is 9.59 Å². The molecule has 2 amide bonds. The average molecular weight is 354 g/mol. The minimum Gasteiger partial charge on any atom is -0.493 e. The predicted molar refractivity (Wildman–Crippen MR) is 98.3 cm³/mol. The second kappa shape index (κ2) is 7.91. The number of hydrogen-bond acceptors (Lipinski definition) is 4. The summed E-state index contributed by atoms with van der Waals surface area (Å²) in [5.74, 6) is 0.608. The Bertz CT molecular complexity index is 792. The van der Waals surface area contributed by atoms with Crippen LogP contribution in [0.25, 0.3) is 0 Å². The van der Waals surface area contributed by atoms with Crippen LogP contribution >= 0.6 is 0 Å². The SMILES string of the molecule is COc1ccc(N2CC(C(=O)NCc3ccccc3)CC2=O)cc1OC. The van der Waals surface area contributed by atoms with Gasteiger partial charge in [-0.15, -0.1) is 0 Å². The molecule has 0 saturated carbocycles. The molecule has 1 saturated heterocycles. The first-order chi connectivity index (χ1) is 12.6. The van der Waals surface area contributed by atoms with E-state index in [9.17, 15) is 9.59 Å². The molecular weight excluding hydrogens is 332 g/mol. The summed E-state index contributed by atoms with van der Waals surface area (Å²) in [5, 5.41) is 2.91. The topological polar surface area (TPSA) is 67.9 Å². The van der Waals surface area contributed by atoms with E-state index in [2.05, 4.69) is 5.32 Å². The van der Waals surface area contributed by atoms with Gasteiger partial charge < -0.3 is 19.7 Å². The van der Waals surface area contributed by atoms with Crippen LogP contribution in [0.1, 0.15) is 12.0 Å². The molecule has 1 N–H and O–H groups in total. The monoisotopic (exact) mass is 354 g/mol. The number of anilines is 1. The molecule has 2 aromatic rings. The third-order valence-corrected chi connectivity index (χ3v) is 4.48. The van der Waals surface area contributed by atoms with Gasteiger partial charge in [-0.25, -0.2) is 0 Å². The Balaban J connectivity index is 1.65. The molecule has 0 aliphatic carbocycles. The molecular formula is C20H22N2O4. The number of ether oxygens (including phenoxy) is 2. The van der Waals surface area contributed by atoms with Crippen molar-refractivity contribution in [3.8, 4) is 11.5 Å². The lowest BCUT2D eigenvalue weighted by Crippen LogP contribution is -2.32. The molecule has 1 fully saturated rings. The Morgan fingerprint density at radius 2 is 1.85 bits per heavy atom. The van der Waals surface area contributed by atoms with E-state index in [1.807, 2.05) is 30.3 Å². The van der Waals surface area contributed by atoms with Crippen molar-refractivity contribution in [1.29, 1.82) is 0 Å². The summed E-state index contributed by atoms with van der Waals surface area (Å²) >= 11 is 0. The van der Waals surface area contributed by atoms with Gasteiger partial charge in [-0.05, 0) is 17.7 Å². The minimum atomic E-state index is -0.362. The Labute approximate surface area is 152 Å². The molecule has 26 heavy (non-hydrogen) atoms. The fourth-order valence-electron chi connectivity index (χ4n) is 3.05. The van der Waals surface area contributed by atoms with Gasteiger partial charge in [0.1, 0.15) is 0 Å². The van der Waals surface area contributed by atoms with Crippen LogP contribution in [0.15, 0.2) is 48.5 Å². The van der Waals surface area contributed by atoms with Crippen molar-refractivity contribution in [1.82, 2.24) is 5.32 Å². The van der Waals surface area contributed by atoms with Gasteiger partial charge in [0.15, 0.2) is 11.5 Å². The van der Waals surface area contributed by atoms with Gasteiger partial charge in [0.2, 0.25) is 11.8 Å². The largest absolute Gasteiger partial charge is 0.493 e. The van der Waals surface area contributed by atoms with Crippen LogP contribution in [0.3, 0.4) is 0 Å². The summed E-state index contributed by atoms with van der Waals surface area (Å²) in [7, 11) is 3.11. The highest BCUT2D eigenvalue weighted by Crippen LogP contribution is 2.34. The van der Waals surface area contributed by atoms with Crippen molar-refractivity contribution in [3.05, 3.63) is 54.1 Å². The van der Waals surface area contributed by atoms with E-state index in [1.54, 1.807) is 37.3 Å². The van der Waals surface area contributed by atoms with Gasteiger partial charge in [-0.1, -0.05) is 30.3 Å². The maximum Gasteiger partial charge on any atom is 0.227 e. The summed E-state index contributed by atoms with van der Waals surface area (Å²) in [6.45, 7) is 0.815.